The number of rotatable bonds is 1. The lowest BCUT2D eigenvalue weighted by molar-refractivity contribution is 0.701. The summed E-state index contributed by atoms with van der Waals surface area (Å²) in [6, 6.07) is 0. The first-order valence-electron chi connectivity index (χ1n) is 1.97. The number of nitrogens with one attached hydrogen (secondary N) is 1. The average molecular weight is 127 g/mol. The number of aromatic amines is 1. The molecule has 1 N–H and O–H groups in total. The van der Waals surface area contributed by atoms with Crippen LogP contribution in [-0.4, -0.2) is 19.5 Å². The molecule has 0 amide bonds. The molecule has 1 rings (SSSR count). The summed E-state index contributed by atoms with van der Waals surface area (Å²) in [7, 11) is 0. The number of imidazole rings is 1. The Morgan fingerprint density at radius 1 is 1.88 bits per heavy atom. The minimum absolute atomic E-state index is 0.266. The lowest BCUT2D eigenvalue weighted by Crippen LogP contribution is -1.80. The van der Waals surface area contributed by atoms with E-state index in [2.05, 4.69) is 15.3 Å². The average Bonchev–Trinajstić information content (AvgIpc) is 2.19. The molecule has 0 fully saturated rings. The van der Waals surface area contributed by atoms with Gasteiger partial charge in [0.25, 0.3) is 0 Å². The number of nitrogens with zero attached hydrogens (tertiary/aromatic N) is 1. The second kappa shape index (κ2) is 2.42. The Balaban J connectivity index is 2.93. The van der Waals surface area contributed by atoms with Crippen molar-refractivity contribution in [2.24, 2.45) is 0 Å². The normalized spacial score (nSPS) is 8.50. The minimum Gasteiger partial charge on any atom is -0.344 e. The van der Waals surface area contributed by atoms with Gasteiger partial charge in [0.2, 0.25) is 0 Å². The summed E-state index contributed by atoms with van der Waals surface area (Å²) in [4.78, 5) is 6.41. The van der Waals surface area contributed by atoms with Crippen molar-refractivity contribution < 1.29 is 4.21 Å². The third-order valence-corrected chi connectivity index (χ3v) is 0.913. The highest BCUT2D eigenvalue weighted by Crippen LogP contribution is 1.78. The lowest BCUT2D eigenvalue weighted by atomic mass is 10.7. The first-order valence-corrected chi connectivity index (χ1v) is 2.72. The third-order valence-electron chi connectivity index (χ3n) is 0.637. The quantitative estimate of drug-likeness (QED) is 0.524. The van der Waals surface area contributed by atoms with Gasteiger partial charge in [0.15, 0.2) is 5.82 Å². The molecule has 1 aromatic heterocycles. The SMILES string of the molecule is O=S=[C]c1ncc[nH]1. The number of aromatic nitrogens is 2. The van der Waals surface area contributed by atoms with Crippen LogP contribution in [0.25, 0.3) is 0 Å². The van der Waals surface area contributed by atoms with Crippen molar-refractivity contribution in [2.45, 2.75) is 0 Å². The maximum absolute atomic E-state index is 9.74. The monoisotopic (exact) mass is 127 g/mol. The van der Waals surface area contributed by atoms with E-state index in [0.29, 0.717) is 5.82 Å². The van der Waals surface area contributed by atoms with E-state index in [1.165, 1.54) is 0 Å². The van der Waals surface area contributed by atoms with E-state index >= 15 is 0 Å². The van der Waals surface area contributed by atoms with Crippen LogP contribution in [0.15, 0.2) is 12.4 Å². The molecule has 0 aliphatic rings. The smallest absolute Gasteiger partial charge is 0.152 e. The Labute approximate surface area is 49.8 Å². The molecule has 0 saturated carbocycles. The van der Waals surface area contributed by atoms with Gasteiger partial charge in [0, 0.05) is 12.4 Å². The van der Waals surface area contributed by atoms with Gasteiger partial charge in [-0.1, -0.05) is 0 Å². The van der Waals surface area contributed by atoms with Crippen molar-refractivity contribution in [1.82, 2.24) is 9.97 Å². The van der Waals surface area contributed by atoms with Crippen molar-refractivity contribution in [2.75, 3.05) is 0 Å². The molecule has 4 heteroatoms. The van der Waals surface area contributed by atoms with Crippen LogP contribution in [0.4, 0.5) is 0 Å². The molecule has 0 aromatic carbocycles. The van der Waals surface area contributed by atoms with Gasteiger partial charge in [-0.25, -0.2) is 9.19 Å². The molecule has 41 valence electrons. The van der Waals surface area contributed by atoms with E-state index in [1.807, 2.05) is 0 Å². The van der Waals surface area contributed by atoms with Gasteiger partial charge in [-0.15, -0.1) is 0 Å². The minimum atomic E-state index is 0.266. The zero-order chi connectivity index (χ0) is 5.82. The van der Waals surface area contributed by atoms with Crippen molar-refractivity contribution in [3.63, 3.8) is 0 Å². The van der Waals surface area contributed by atoms with Crippen molar-refractivity contribution >= 4 is 16.6 Å². The molecule has 0 aliphatic heterocycles. The molecule has 1 aromatic rings. The van der Waals surface area contributed by atoms with Crippen molar-refractivity contribution in [3.8, 4) is 0 Å². The van der Waals surface area contributed by atoms with Crippen LogP contribution in [-0.2, 0) is 11.3 Å². The first-order chi connectivity index (χ1) is 3.93. The molecule has 0 unspecified atom stereocenters. The fraction of sp³-hybridized carbons (Fsp3) is 0. The molecule has 0 aliphatic carbocycles. The third kappa shape index (κ3) is 1.04. The maximum Gasteiger partial charge on any atom is 0.152 e. The summed E-state index contributed by atoms with van der Waals surface area (Å²) >= 11 is 0.266. The first kappa shape index (κ1) is 5.24. The highest BCUT2D eigenvalue weighted by Gasteiger charge is 1.83. The highest BCUT2D eigenvalue weighted by atomic mass is 32.1. The van der Waals surface area contributed by atoms with Gasteiger partial charge in [-0.05, 0) is 0 Å². The van der Waals surface area contributed by atoms with E-state index < -0.39 is 0 Å². The van der Waals surface area contributed by atoms with Gasteiger partial charge in [-0.2, -0.15) is 0 Å². The van der Waals surface area contributed by atoms with Crippen LogP contribution < -0.4 is 0 Å². The van der Waals surface area contributed by atoms with Crippen molar-refractivity contribution in [3.05, 3.63) is 18.2 Å². The van der Waals surface area contributed by atoms with Crippen LogP contribution in [0.2, 0.25) is 0 Å². The van der Waals surface area contributed by atoms with Crippen LogP contribution in [0.5, 0.6) is 0 Å². The van der Waals surface area contributed by atoms with Crippen LogP contribution >= 0.6 is 0 Å². The second-order valence-corrected chi connectivity index (χ2v) is 1.49. The molecule has 8 heavy (non-hydrogen) atoms. The van der Waals surface area contributed by atoms with Gasteiger partial charge in [0.1, 0.15) is 16.6 Å². The Bertz CT molecular complexity index is 200. The van der Waals surface area contributed by atoms with Crippen LogP contribution in [0.3, 0.4) is 0 Å². The number of H-pyrrole nitrogens is 1. The largest absolute Gasteiger partial charge is 0.344 e. The molecule has 1 heterocycles. The van der Waals surface area contributed by atoms with E-state index in [4.69, 9.17) is 0 Å². The summed E-state index contributed by atoms with van der Waals surface area (Å²) in [6.07, 6.45) is 3.21. The summed E-state index contributed by atoms with van der Waals surface area (Å²) < 4.78 is 9.74. The zero-order valence-electron chi connectivity index (χ0n) is 3.92. The molecule has 0 saturated heterocycles. The van der Waals surface area contributed by atoms with Crippen LogP contribution in [0, 0.1) is 0 Å². The molecule has 0 atom stereocenters. The molecule has 1 radical (unpaired) electrons. The summed E-state index contributed by atoms with van der Waals surface area (Å²) in [5.41, 5.74) is 0. The fourth-order valence-corrected chi connectivity index (χ4v) is 0.551. The van der Waals surface area contributed by atoms with E-state index in [9.17, 15) is 4.21 Å². The Hall–Kier alpha value is -0.900. The van der Waals surface area contributed by atoms with E-state index in [-0.39, 0.29) is 11.3 Å². The lowest BCUT2D eigenvalue weighted by Gasteiger charge is -1.69. The predicted molar refractivity (Wildman–Crippen MR) is 30.8 cm³/mol. The van der Waals surface area contributed by atoms with Gasteiger partial charge in [0.05, 0.1) is 0 Å². The zero-order valence-corrected chi connectivity index (χ0v) is 4.73. The predicted octanol–water partition coefficient (Wildman–Crippen LogP) is -0.350. The second-order valence-electron chi connectivity index (χ2n) is 1.12. The molecule has 0 spiro atoms. The van der Waals surface area contributed by atoms with Gasteiger partial charge >= 0.3 is 0 Å². The maximum atomic E-state index is 9.74. The molecule has 0 bridgehead atoms. The summed E-state index contributed by atoms with van der Waals surface area (Å²) in [5, 5.41) is 2.38. The number of hydrogen-bond acceptors (Lipinski definition) is 2. The summed E-state index contributed by atoms with van der Waals surface area (Å²) in [6.45, 7) is 0. The van der Waals surface area contributed by atoms with E-state index in [0.717, 1.165) is 0 Å². The topological polar surface area (TPSA) is 45.8 Å². The standard InChI is InChI=1S/C4H3N2OS/c7-8-3-4-5-1-2-6-4/h1-2H,(H,5,6). The molecular weight excluding hydrogens is 124 g/mol. The Morgan fingerprint density at radius 2 is 2.75 bits per heavy atom. The van der Waals surface area contributed by atoms with Gasteiger partial charge < -0.3 is 4.98 Å². The fourth-order valence-electron chi connectivity index (χ4n) is 0.361. The molecular formula is C4H3N2OS. The van der Waals surface area contributed by atoms with Gasteiger partial charge in [-0.3, -0.25) is 0 Å². The van der Waals surface area contributed by atoms with Crippen molar-refractivity contribution in [1.29, 1.82) is 0 Å². The Kier molecular flexibility index (Phi) is 1.58. The highest BCUT2D eigenvalue weighted by molar-refractivity contribution is 7.65. The molecule has 3 nitrogen and oxygen atoms in total. The summed E-state index contributed by atoms with van der Waals surface area (Å²) in [5.74, 6) is 0.491. The number of hydrogen-bond donors (Lipinski definition) is 1. The van der Waals surface area contributed by atoms with Crippen LogP contribution in [0.1, 0.15) is 5.82 Å². The van der Waals surface area contributed by atoms with E-state index in [1.54, 1.807) is 12.4 Å². The Morgan fingerprint density at radius 3 is 3.25 bits per heavy atom.